The molecule has 100 valence electrons. The Kier molecular flexibility index (Phi) is 10.8. The summed E-state index contributed by atoms with van der Waals surface area (Å²) in [7, 11) is 0. The van der Waals surface area contributed by atoms with Gasteiger partial charge in [0.15, 0.2) is 0 Å². The van der Waals surface area contributed by atoms with E-state index in [1.165, 1.54) is 0 Å². The Labute approximate surface area is 118 Å². The fourth-order valence-corrected chi connectivity index (χ4v) is 1.80. The highest BCUT2D eigenvalue weighted by Crippen LogP contribution is 2.07. The molecule has 17 heavy (non-hydrogen) atoms. The lowest BCUT2D eigenvalue weighted by Crippen LogP contribution is -2.40. The minimum absolute atomic E-state index is 0. The number of aryl methyl sites for hydroxylation is 1. The lowest BCUT2D eigenvalue weighted by molar-refractivity contribution is -0.122. The number of nitrogens with one attached hydrogen (secondary N) is 1. The first kappa shape index (κ1) is 19.0. The van der Waals surface area contributed by atoms with Gasteiger partial charge in [0.1, 0.15) is 0 Å². The Morgan fingerprint density at radius 2 is 2.24 bits per heavy atom. The van der Waals surface area contributed by atoms with Gasteiger partial charge in [-0.05, 0) is 13.3 Å². The third-order valence-electron chi connectivity index (χ3n) is 2.12. The molecular weight excluding hydrogens is 281 g/mol. The van der Waals surface area contributed by atoms with Gasteiger partial charge in [-0.15, -0.1) is 36.2 Å². The summed E-state index contributed by atoms with van der Waals surface area (Å²) in [5.74, 6) is -0.0792. The smallest absolute Gasteiger partial charge is 0.236 e. The van der Waals surface area contributed by atoms with Crippen LogP contribution in [0.3, 0.4) is 0 Å². The summed E-state index contributed by atoms with van der Waals surface area (Å²) in [5, 5.41) is 5.86. The lowest BCUT2D eigenvalue weighted by atomic mass is 10.2. The minimum Gasteiger partial charge on any atom is -0.354 e. The molecular formula is C10H19Cl2N3OS. The average molecular weight is 300 g/mol. The van der Waals surface area contributed by atoms with Crippen molar-refractivity contribution in [3.8, 4) is 0 Å². The maximum absolute atomic E-state index is 11.3. The van der Waals surface area contributed by atoms with Crippen molar-refractivity contribution < 1.29 is 4.79 Å². The van der Waals surface area contributed by atoms with E-state index >= 15 is 0 Å². The van der Waals surface area contributed by atoms with E-state index in [-0.39, 0.29) is 36.8 Å². The summed E-state index contributed by atoms with van der Waals surface area (Å²) in [6.45, 7) is 4.48. The van der Waals surface area contributed by atoms with E-state index in [1.807, 2.05) is 19.2 Å². The highest BCUT2D eigenvalue weighted by Gasteiger charge is 2.09. The molecule has 0 aliphatic heterocycles. The molecule has 3 N–H and O–H groups in total. The van der Waals surface area contributed by atoms with Crippen LogP contribution in [0, 0.1) is 6.92 Å². The predicted molar refractivity (Wildman–Crippen MR) is 76.3 cm³/mol. The number of amides is 1. The Morgan fingerprint density at radius 1 is 1.59 bits per heavy atom. The van der Waals surface area contributed by atoms with Crippen LogP contribution >= 0.6 is 36.2 Å². The molecule has 1 amide bonds. The molecule has 0 spiro atoms. The Balaban J connectivity index is 0. The third-order valence-corrected chi connectivity index (χ3v) is 2.95. The van der Waals surface area contributed by atoms with Crippen LogP contribution in [0.15, 0.2) is 5.38 Å². The van der Waals surface area contributed by atoms with Gasteiger partial charge in [0.05, 0.1) is 16.7 Å². The fourth-order valence-electron chi connectivity index (χ4n) is 1.15. The molecule has 1 rings (SSSR count). The molecule has 0 bridgehead atoms. The second kappa shape index (κ2) is 9.65. The van der Waals surface area contributed by atoms with Crippen LogP contribution in [0.25, 0.3) is 0 Å². The normalized spacial score (nSPS) is 11.0. The van der Waals surface area contributed by atoms with E-state index in [2.05, 4.69) is 10.3 Å². The van der Waals surface area contributed by atoms with Crippen molar-refractivity contribution in [3.05, 3.63) is 16.1 Å². The number of carbonyl (C=O) groups is 1. The highest BCUT2D eigenvalue weighted by atomic mass is 35.5. The molecule has 0 saturated carbocycles. The molecule has 0 unspecified atom stereocenters. The molecule has 0 aliphatic carbocycles. The number of halogens is 2. The lowest BCUT2D eigenvalue weighted by Gasteiger charge is -2.08. The maximum atomic E-state index is 11.3. The predicted octanol–water partition coefficient (Wildman–Crippen LogP) is 1.69. The summed E-state index contributed by atoms with van der Waals surface area (Å²) in [5.41, 5.74) is 6.60. The molecule has 0 fully saturated rings. The molecule has 1 heterocycles. The molecule has 0 saturated heterocycles. The summed E-state index contributed by atoms with van der Waals surface area (Å²) in [6.07, 6.45) is 1.44. The molecule has 1 aromatic rings. The van der Waals surface area contributed by atoms with Crippen molar-refractivity contribution in [2.24, 2.45) is 5.73 Å². The van der Waals surface area contributed by atoms with E-state index in [1.54, 1.807) is 11.3 Å². The molecule has 7 heteroatoms. The van der Waals surface area contributed by atoms with E-state index in [4.69, 9.17) is 5.73 Å². The number of nitrogens with zero attached hydrogens (tertiary/aromatic N) is 1. The zero-order valence-corrected chi connectivity index (χ0v) is 12.4. The molecule has 0 radical (unpaired) electrons. The van der Waals surface area contributed by atoms with Crippen molar-refractivity contribution in [3.63, 3.8) is 0 Å². The zero-order chi connectivity index (χ0) is 11.3. The van der Waals surface area contributed by atoms with Crippen LogP contribution in [0.1, 0.15) is 24.0 Å². The van der Waals surface area contributed by atoms with E-state index < -0.39 is 0 Å². The number of hydrogen-bond donors (Lipinski definition) is 2. The Hall–Kier alpha value is -0.360. The van der Waals surface area contributed by atoms with Gasteiger partial charge in [-0.2, -0.15) is 0 Å². The van der Waals surface area contributed by atoms with Gasteiger partial charge < -0.3 is 11.1 Å². The van der Waals surface area contributed by atoms with Crippen LogP contribution in [-0.2, 0) is 11.2 Å². The molecule has 1 aromatic heterocycles. The van der Waals surface area contributed by atoms with Gasteiger partial charge in [0, 0.05) is 18.3 Å². The van der Waals surface area contributed by atoms with Gasteiger partial charge in [0.25, 0.3) is 0 Å². The second-order valence-electron chi connectivity index (χ2n) is 3.41. The maximum Gasteiger partial charge on any atom is 0.236 e. The van der Waals surface area contributed by atoms with E-state index in [9.17, 15) is 4.79 Å². The number of nitrogens with two attached hydrogens (primary N) is 1. The van der Waals surface area contributed by atoms with Crippen molar-refractivity contribution in [1.29, 1.82) is 0 Å². The SMILES string of the molecule is CC[C@H](N)C(=O)NCCc1csc(C)n1.Cl.Cl. The van der Waals surface area contributed by atoms with Crippen LogP contribution < -0.4 is 11.1 Å². The van der Waals surface area contributed by atoms with Gasteiger partial charge in [-0.3, -0.25) is 4.79 Å². The van der Waals surface area contributed by atoms with E-state index in [0.717, 1.165) is 17.1 Å². The molecule has 0 aliphatic rings. The number of rotatable bonds is 5. The zero-order valence-electron chi connectivity index (χ0n) is 9.93. The third kappa shape index (κ3) is 6.83. The van der Waals surface area contributed by atoms with Crippen LogP contribution in [0.2, 0.25) is 0 Å². The van der Waals surface area contributed by atoms with Gasteiger partial charge in [-0.1, -0.05) is 6.92 Å². The minimum atomic E-state index is -0.387. The summed E-state index contributed by atoms with van der Waals surface area (Å²) in [6, 6.07) is -0.387. The molecule has 4 nitrogen and oxygen atoms in total. The quantitative estimate of drug-likeness (QED) is 0.869. The monoisotopic (exact) mass is 299 g/mol. The largest absolute Gasteiger partial charge is 0.354 e. The number of aromatic nitrogens is 1. The summed E-state index contributed by atoms with van der Waals surface area (Å²) >= 11 is 1.63. The highest BCUT2D eigenvalue weighted by molar-refractivity contribution is 7.09. The number of thiazole rings is 1. The first-order chi connectivity index (χ1) is 7.13. The van der Waals surface area contributed by atoms with Gasteiger partial charge in [-0.25, -0.2) is 4.98 Å². The summed E-state index contributed by atoms with van der Waals surface area (Å²) < 4.78 is 0. The van der Waals surface area contributed by atoms with Gasteiger partial charge >= 0.3 is 0 Å². The van der Waals surface area contributed by atoms with Crippen LogP contribution in [-0.4, -0.2) is 23.5 Å². The fraction of sp³-hybridized carbons (Fsp3) is 0.600. The standard InChI is InChI=1S/C10H17N3OS.2ClH/c1-3-9(11)10(14)12-5-4-8-6-15-7(2)13-8;;/h6,9H,3-5,11H2,1-2H3,(H,12,14);2*1H/t9-;;/m0../s1. The second-order valence-corrected chi connectivity index (χ2v) is 4.48. The molecule has 0 aromatic carbocycles. The Bertz CT molecular complexity index is 333. The Morgan fingerprint density at radius 3 is 2.71 bits per heavy atom. The molecule has 1 atom stereocenters. The topological polar surface area (TPSA) is 68.0 Å². The van der Waals surface area contributed by atoms with Crippen molar-refractivity contribution in [2.45, 2.75) is 32.7 Å². The van der Waals surface area contributed by atoms with Crippen molar-refractivity contribution in [2.75, 3.05) is 6.54 Å². The van der Waals surface area contributed by atoms with Crippen molar-refractivity contribution >= 4 is 42.1 Å². The van der Waals surface area contributed by atoms with E-state index in [0.29, 0.717) is 13.0 Å². The number of hydrogen-bond acceptors (Lipinski definition) is 4. The first-order valence-corrected chi connectivity index (χ1v) is 5.95. The van der Waals surface area contributed by atoms with Gasteiger partial charge in [0.2, 0.25) is 5.91 Å². The van der Waals surface area contributed by atoms with Crippen LogP contribution in [0.4, 0.5) is 0 Å². The number of carbonyl (C=O) groups excluding carboxylic acids is 1. The van der Waals surface area contributed by atoms with Crippen LogP contribution in [0.5, 0.6) is 0 Å². The summed E-state index contributed by atoms with van der Waals surface area (Å²) in [4.78, 5) is 15.6. The first-order valence-electron chi connectivity index (χ1n) is 5.07. The average Bonchev–Trinajstić information content (AvgIpc) is 2.63. The van der Waals surface area contributed by atoms with Crippen molar-refractivity contribution in [1.82, 2.24) is 10.3 Å².